The second kappa shape index (κ2) is 4.99. The van der Waals surface area contributed by atoms with Crippen LogP contribution in [0.5, 0.6) is 0 Å². The maximum Gasteiger partial charge on any atom is 0.266 e. The van der Waals surface area contributed by atoms with E-state index in [1.54, 1.807) is 25.2 Å². The van der Waals surface area contributed by atoms with Crippen molar-refractivity contribution in [3.8, 4) is 0 Å². The zero-order valence-corrected chi connectivity index (χ0v) is 10.3. The normalized spacial score (nSPS) is 10.7. The molecule has 1 aromatic heterocycles. The van der Waals surface area contributed by atoms with E-state index in [1.165, 1.54) is 0 Å². The van der Waals surface area contributed by atoms with Gasteiger partial charge in [0.1, 0.15) is 5.82 Å². The fourth-order valence-corrected chi connectivity index (χ4v) is 1.70. The van der Waals surface area contributed by atoms with E-state index in [2.05, 4.69) is 15.8 Å². The highest BCUT2D eigenvalue weighted by Crippen LogP contribution is 2.20. The number of rotatable bonds is 3. The summed E-state index contributed by atoms with van der Waals surface area (Å²) in [6.07, 6.45) is 0. The summed E-state index contributed by atoms with van der Waals surface area (Å²) >= 11 is 0. The Morgan fingerprint density at radius 2 is 2.06 bits per heavy atom. The molecule has 0 aliphatic heterocycles. The molecule has 0 spiro atoms. The van der Waals surface area contributed by atoms with Crippen LogP contribution in [-0.4, -0.2) is 30.0 Å². The Balaban J connectivity index is 2.56. The number of hydrogen-bond acceptors (Lipinski definition) is 5. The van der Waals surface area contributed by atoms with Crippen LogP contribution in [0.25, 0.3) is 10.9 Å². The maximum atomic E-state index is 12.1. The summed E-state index contributed by atoms with van der Waals surface area (Å²) in [5.74, 6) is 5.61. The lowest BCUT2D eigenvalue weighted by molar-refractivity contribution is 0.0858. The summed E-state index contributed by atoms with van der Waals surface area (Å²) in [5, 5.41) is 2.38. The molecule has 0 saturated carbocycles. The van der Waals surface area contributed by atoms with Crippen LogP contribution in [0.1, 0.15) is 10.4 Å². The van der Waals surface area contributed by atoms with Crippen molar-refractivity contribution in [3.05, 3.63) is 35.9 Å². The molecule has 2 aromatic rings. The number of fused-ring (bicyclic) bond motifs is 1. The Hall–Kier alpha value is -2.18. The Kier molecular flexibility index (Phi) is 3.40. The second-order valence-electron chi connectivity index (χ2n) is 4.05. The predicted molar refractivity (Wildman–Crippen MR) is 70.7 cm³/mol. The van der Waals surface area contributed by atoms with Gasteiger partial charge in [0.15, 0.2) is 0 Å². The first kappa shape index (κ1) is 12.3. The number of nitrogens with zero attached hydrogens (tertiary/aromatic N) is 2. The first-order valence-electron chi connectivity index (χ1n) is 5.46. The number of benzene rings is 1. The zero-order chi connectivity index (χ0) is 13.1. The molecule has 1 amide bonds. The molecule has 1 aromatic carbocycles. The van der Waals surface area contributed by atoms with Crippen molar-refractivity contribution in [1.82, 2.24) is 15.4 Å². The average Bonchev–Trinajstić information content (AvgIpc) is 2.36. The van der Waals surface area contributed by atoms with E-state index in [4.69, 9.17) is 5.84 Å². The molecule has 0 radical (unpaired) electrons. The topological polar surface area (TPSA) is 83.3 Å². The first-order chi connectivity index (χ1) is 8.61. The van der Waals surface area contributed by atoms with E-state index in [-0.39, 0.29) is 5.91 Å². The van der Waals surface area contributed by atoms with Crippen molar-refractivity contribution >= 4 is 22.6 Å². The Labute approximate surface area is 105 Å². The molecule has 0 bridgehead atoms. The molecule has 1 heterocycles. The first-order valence-corrected chi connectivity index (χ1v) is 5.46. The van der Waals surface area contributed by atoms with Gasteiger partial charge in [0.2, 0.25) is 0 Å². The van der Waals surface area contributed by atoms with Gasteiger partial charge in [0, 0.05) is 19.5 Å². The number of carbonyl (C=O) groups excluding carboxylic acids is 1. The Bertz CT molecular complexity index is 582. The number of hydrogen-bond donors (Lipinski definition) is 3. The van der Waals surface area contributed by atoms with Gasteiger partial charge in [0.25, 0.3) is 5.91 Å². The molecule has 6 nitrogen and oxygen atoms in total. The summed E-state index contributed by atoms with van der Waals surface area (Å²) < 4.78 is 0. The molecule has 0 saturated heterocycles. The molecule has 0 fully saturated rings. The highest BCUT2D eigenvalue weighted by atomic mass is 16.2. The number of pyridine rings is 1. The van der Waals surface area contributed by atoms with Crippen LogP contribution in [0, 0.1) is 0 Å². The van der Waals surface area contributed by atoms with E-state index < -0.39 is 0 Å². The molecule has 2 rings (SSSR count). The number of carbonyl (C=O) groups is 1. The molecule has 4 N–H and O–H groups in total. The van der Waals surface area contributed by atoms with Crippen molar-refractivity contribution in [3.63, 3.8) is 0 Å². The number of nitrogens with two attached hydrogens (primary N) is 1. The standard InChI is InChI=1S/C12H15N5O/c1-17(2)16-12(18)9-7-11(15-13)14-10-6-4-3-5-8(9)10/h3-7H,13H2,1-2H3,(H,14,15)(H,16,18). The monoisotopic (exact) mass is 245 g/mol. The summed E-state index contributed by atoms with van der Waals surface area (Å²) in [7, 11) is 3.51. The van der Waals surface area contributed by atoms with Gasteiger partial charge in [-0.15, -0.1) is 0 Å². The average molecular weight is 245 g/mol. The predicted octanol–water partition coefficient (Wildman–Crippen LogP) is 0.727. The van der Waals surface area contributed by atoms with Gasteiger partial charge in [0.05, 0.1) is 11.1 Å². The van der Waals surface area contributed by atoms with Crippen LogP contribution in [0.2, 0.25) is 0 Å². The lowest BCUT2D eigenvalue weighted by Gasteiger charge is -2.14. The van der Waals surface area contributed by atoms with Crippen molar-refractivity contribution < 1.29 is 4.79 Å². The van der Waals surface area contributed by atoms with Gasteiger partial charge in [-0.2, -0.15) is 0 Å². The van der Waals surface area contributed by atoms with Gasteiger partial charge < -0.3 is 5.43 Å². The van der Waals surface area contributed by atoms with Crippen LogP contribution in [-0.2, 0) is 0 Å². The largest absolute Gasteiger partial charge is 0.308 e. The zero-order valence-electron chi connectivity index (χ0n) is 10.3. The van der Waals surface area contributed by atoms with Crippen molar-refractivity contribution in [1.29, 1.82) is 0 Å². The van der Waals surface area contributed by atoms with E-state index in [0.29, 0.717) is 11.4 Å². The highest BCUT2D eigenvalue weighted by Gasteiger charge is 2.12. The number of nitrogens with one attached hydrogen (secondary N) is 2. The molecular formula is C12H15N5O. The fourth-order valence-electron chi connectivity index (χ4n) is 1.70. The van der Waals surface area contributed by atoms with Gasteiger partial charge in [-0.1, -0.05) is 18.2 Å². The van der Waals surface area contributed by atoms with Gasteiger partial charge >= 0.3 is 0 Å². The fraction of sp³-hybridized carbons (Fsp3) is 0.167. The van der Waals surface area contributed by atoms with E-state index in [0.717, 1.165) is 10.9 Å². The van der Waals surface area contributed by atoms with Crippen molar-refractivity contribution in [2.75, 3.05) is 19.5 Å². The van der Waals surface area contributed by atoms with Gasteiger partial charge in [-0.3, -0.25) is 10.2 Å². The Morgan fingerprint density at radius 1 is 1.33 bits per heavy atom. The lowest BCUT2D eigenvalue weighted by Crippen LogP contribution is -2.36. The molecule has 0 aliphatic rings. The number of anilines is 1. The molecule has 0 unspecified atom stereocenters. The van der Waals surface area contributed by atoms with E-state index >= 15 is 0 Å². The van der Waals surface area contributed by atoms with Gasteiger partial charge in [-0.05, 0) is 12.1 Å². The molecular weight excluding hydrogens is 230 g/mol. The number of nitrogen functional groups attached to an aromatic ring is 1. The number of hydrazine groups is 2. The molecule has 0 atom stereocenters. The number of aromatic nitrogens is 1. The summed E-state index contributed by atoms with van der Waals surface area (Å²) in [4.78, 5) is 16.4. The van der Waals surface area contributed by atoms with Gasteiger partial charge in [-0.25, -0.2) is 15.8 Å². The highest BCUT2D eigenvalue weighted by molar-refractivity contribution is 6.06. The second-order valence-corrected chi connectivity index (χ2v) is 4.05. The SMILES string of the molecule is CN(C)NC(=O)c1cc(NN)nc2ccccc12. The summed E-state index contributed by atoms with van der Waals surface area (Å²) in [6, 6.07) is 9.05. The maximum absolute atomic E-state index is 12.1. The third-order valence-corrected chi connectivity index (χ3v) is 2.43. The van der Waals surface area contributed by atoms with Crippen molar-refractivity contribution in [2.24, 2.45) is 5.84 Å². The third-order valence-electron chi connectivity index (χ3n) is 2.43. The minimum Gasteiger partial charge on any atom is -0.308 e. The summed E-state index contributed by atoms with van der Waals surface area (Å²) in [6.45, 7) is 0. The summed E-state index contributed by atoms with van der Waals surface area (Å²) in [5.41, 5.74) is 6.41. The minimum absolute atomic E-state index is 0.199. The van der Waals surface area contributed by atoms with Crippen LogP contribution in [0.3, 0.4) is 0 Å². The quantitative estimate of drug-likeness (QED) is 0.548. The van der Waals surface area contributed by atoms with E-state index in [1.807, 2.05) is 24.3 Å². The van der Waals surface area contributed by atoms with Crippen LogP contribution in [0.15, 0.2) is 30.3 Å². The molecule has 18 heavy (non-hydrogen) atoms. The molecule has 6 heteroatoms. The Morgan fingerprint density at radius 3 is 2.72 bits per heavy atom. The smallest absolute Gasteiger partial charge is 0.266 e. The third kappa shape index (κ3) is 2.39. The van der Waals surface area contributed by atoms with E-state index in [9.17, 15) is 4.79 Å². The lowest BCUT2D eigenvalue weighted by atomic mass is 10.1. The molecule has 0 aliphatic carbocycles. The van der Waals surface area contributed by atoms with Crippen LogP contribution in [0.4, 0.5) is 5.82 Å². The van der Waals surface area contributed by atoms with Crippen molar-refractivity contribution in [2.45, 2.75) is 0 Å². The van der Waals surface area contributed by atoms with Crippen LogP contribution < -0.4 is 16.7 Å². The molecule has 94 valence electrons. The van der Waals surface area contributed by atoms with Crippen LogP contribution >= 0.6 is 0 Å². The minimum atomic E-state index is -0.199. The number of para-hydroxylation sites is 1. The number of amides is 1.